The van der Waals surface area contributed by atoms with Crippen molar-refractivity contribution in [3.8, 4) is 11.5 Å². The molecule has 0 saturated carbocycles. The van der Waals surface area contributed by atoms with E-state index in [9.17, 15) is 14.7 Å². The molecule has 0 bridgehead atoms. The molecule has 1 fully saturated rings. The van der Waals surface area contributed by atoms with Gasteiger partial charge in [-0.05, 0) is 60.8 Å². The number of nitrogens with zero attached hydrogens (tertiary/aromatic N) is 2. The minimum Gasteiger partial charge on any atom is -0.493 e. The van der Waals surface area contributed by atoms with Crippen molar-refractivity contribution in [2.75, 3.05) is 33.9 Å². The van der Waals surface area contributed by atoms with E-state index in [1.807, 2.05) is 47.4 Å². The standard InChI is InChI=1S/C28H34N2O5/c1-34-25-15-21-10-12-29-24(23(21)17-26(25)35-2)14-22-18-30(13-11-20(22)16-28(32)33)27(31)9-8-19-6-4-3-5-7-19/h3-7,15,17,20,22H,8-14,16,18H2,1-2H3,(H,32,33)/t20-,22-/m0/s1. The van der Waals surface area contributed by atoms with E-state index in [1.165, 1.54) is 0 Å². The Morgan fingerprint density at radius 1 is 1.09 bits per heavy atom. The van der Waals surface area contributed by atoms with Crippen LogP contribution in [-0.4, -0.2) is 61.4 Å². The van der Waals surface area contributed by atoms with Crippen LogP contribution in [0.2, 0.25) is 0 Å². The molecule has 2 aromatic rings. The molecule has 2 atom stereocenters. The normalized spacial score (nSPS) is 19.5. The summed E-state index contributed by atoms with van der Waals surface area (Å²) >= 11 is 0. The minimum absolute atomic E-state index is 0.0129. The molecule has 7 nitrogen and oxygen atoms in total. The predicted octanol–water partition coefficient (Wildman–Crippen LogP) is 4.01. The third-order valence-corrected chi connectivity index (χ3v) is 7.21. The first-order valence-corrected chi connectivity index (χ1v) is 12.3. The van der Waals surface area contributed by atoms with E-state index >= 15 is 0 Å². The molecule has 0 unspecified atom stereocenters. The molecule has 1 N–H and O–H groups in total. The zero-order valence-electron chi connectivity index (χ0n) is 20.5. The van der Waals surface area contributed by atoms with Gasteiger partial charge in [0.05, 0.1) is 14.2 Å². The fourth-order valence-corrected chi connectivity index (χ4v) is 5.30. The highest BCUT2D eigenvalue weighted by molar-refractivity contribution is 6.03. The molecule has 2 aromatic carbocycles. The lowest BCUT2D eigenvalue weighted by molar-refractivity contribution is -0.139. The smallest absolute Gasteiger partial charge is 0.303 e. The van der Waals surface area contributed by atoms with Crippen molar-refractivity contribution in [3.63, 3.8) is 0 Å². The van der Waals surface area contributed by atoms with Crippen LogP contribution in [0.5, 0.6) is 11.5 Å². The molecule has 1 saturated heterocycles. The summed E-state index contributed by atoms with van der Waals surface area (Å²) in [6.07, 6.45) is 3.44. The van der Waals surface area contributed by atoms with E-state index < -0.39 is 5.97 Å². The van der Waals surface area contributed by atoms with Gasteiger partial charge in [-0.3, -0.25) is 14.6 Å². The highest BCUT2D eigenvalue weighted by atomic mass is 16.5. The molecule has 7 heteroatoms. The topological polar surface area (TPSA) is 88.4 Å². The molecule has 2 aliphatic rings. The second-order valence-electron chi connectivity index (χ2n) is 9.38. The van der Waals surface area contributed by atoms with Crippen molar-refractivity contribution < 1.29 is 24.2 Å². The number of hydrogen-bond donors (Lipinski definition) is 1. The number of hydrogen-bond acceptors (Lipinski definition) is 5. The van der Waals surface area contributed by atoms with Gasteiger partial charge in [0.25, 0.3) is 0 Å². The number of aliphatic carboxylic acids is 1. The maximum atomic E-state index is 13.0. The Hall–Kier alpha value is -3.35. The van der Waals surface area contributed by atoms with Gasteiger partial charge in [0.2, 0.25) is 5.91 Å². The second kappa shape index (κ2) is 11.4. The number of rotatable bonds is 9. The molecule has 0 radical (unpaired) electrons. The Morgan fingerprint density at radius 3 is 2.54 bits per heavy atom. The zero-order valence-corrected chi connectivity index (χ0v) is 20.5. The van der Waals surface area contributed by atoms with Gasteiger partial charge in [0.1, 0.15) is 0 Å². The van der Waals surface area contributed by atoms with Crippen molar-refractivity contribution in [2.24, 2.45) is 16.8 Å². The number of carbonyl (C=O) groups is 2. The van der Waals surface area contributed by atoms with Crippen molar-refractivity contribution in [1.82, 2.24) is 4.90 Å². The molecule has 2 heterocycles. The van der Waals surface area contributed by atoms with Gasteiger partial charge in [-0.15, -0.1) is 0 Å². The van der Waals surface area contributed by atoms with E-state index in [-0.39, 0.29) is 24.2 Å². The monoisotopic (exact) mass is 478 g/mol. The van der Waals surface area contributed by atoms with Crippen LogP contribution in [0.3, 0.4) is 0 Å². The summed E-state index contributed by atoms with van der Waals surface area (Å²) in [7, 11) is 3.25. The fraction of sp³-hybridized carbons (Fsp3) is 0.464. The number of carbonyl (C=O) groups excluding carboxylic acids is 1. The minimum atomic E-state index is -0.791. The van der Waals surface area contributed by atoms with Crippen LogP contribution < -0.4 is 9.47 Å². The lowest BCUT2D eigenvalue weighted by atomic mass is 9.78. The van der Waals surface area contributed by atoms with E-state index in [2.05, 4.69) is 0 Å². The van der Waals surface area contributed by atoms with Crippen molar-refractivity contribution in [3.05, 3.63) is 59.2 Å². The van der Waals surface area contributed by atoms with Gasteiger partial charge in [0.15, 0.2) is 11.5 Å². The molecule has 2 aliphatic heterocycles. The highest BCUT2D eigenvalue weighted by Gasteiger charge is 2.34. The van der Waals surface area contributed by atoms with Crippen LogP contribution in [0, 0.1) is 11.8 Å². The molecule has 0 aromatic heterocycles. The maximum Gasteiger partial charge on any atom is 0.303 e. The quantitative estimate of drug-likeness (QED) is 0.588. The average Bonchev–Trinajstić information content (AvgIpc) is 2.88. The van der Waals surface area contributed by atoms with Gasteiger partial charge >= 0.3 is 5.97 Å². The lowest BCUT2D eigenvalue weighted by Gasteiger charge is -2.39. The Kier molecular flexibility index (Phi) is 8.06. The first-order valence-electron chi connectivity index (χ1n) is 12.3. The van der Waals surface area contributed by atoms with Crippen molar-refractivity contribution in [2.45, 2.75) is 38.5 Å². The van der Waals surface area contributed by atoms with Crippen LogP contribution in [0.25, 0.3) is 0 Å². The van der Waals surface area contributed by atoms with Gasteiger partial charge in [0, 0.05) is 43.8 Å². The predicted molar refractivity (Wildman–Crippen MR) is 134 cm³/mol. The summed E-state index contributed by atoms with van der Waals surface area (Å²) in [6, 6.07) is 14.0. The summed E-state index contributed by atoms with van der Waals surface area (Å²) in [4.78, 5) is 31.4. The van der Waals surface area contributed by atoms with Crippen molar-refractivity contribution in [1.29, 1.82) is 0 Å². The van der Waals surface area contributed by atoms with Crippen LogP contribution in [-0.2, 0) is 22.4 Å². The number of benzene rings is 2. The largest absolute Gasteiger partial charge is 0.493 e. The molecular formula is C28H34N2O5. The molecule has 0 spiro atoms. The van der Waals surface area contributed by atoms with Crippen LogP contribution in [0.4, 0.5) is 0 Å². The molecule has 1 amide bonds. The number of amides is 1. The molecule has 35 heavy (non-hydrogen) atoms. The van der Waals surface area contributed by atoms with E-state index in [4.69, 9.17) is 14.5 Å². The van der Waals surface area contributed by atoms with Gasteiger partial charge in [-0.2, -0.15) is 0 Å². The molecular weight excluding hydrogens is 444 g/mol. The van der Waals surface area contributed by atoms with Gasteiger partial charge in [-0.1, -0.05) is 30.3 Å². The summed E-state index contributed by atoms with van der Waals surface area (Å²) in [5, 5.41) is 9.52. The number of carboxylic acids is 1. The number of piperidine rings is 1. The molecule has 0 aliphatic carbocycles. The van der Waals surface area contributed by atoms with Crippen LogP contribution in [0.15, 0.2) is 47.5 Å². The maximum absolute atomic E-state index is 13.0. The van der Waals surface area contributed by atoms with Crippen LogP contribution >= 0.6 is 0 Å². The SMILES string of the molecule is COc1cc2c(cc1OC)C(C[C@H]1CN(C(=O)CCc3ccccc3)CC[C@H]1CC(=O)O)=NCC2. The Labute approximate surface area is 206 Å². The number of likely N-dealkylation sites (tertiary alicyclic amines) is 1. The first-order chi connectivity index (χ1) is 17.0. The van der Waals surface area contributed by atoms with E-state index in [1.54, 1.807) is 14.2 Å². The van der Waals surface area contributed by atoms with Gasteiger partial charge < -0.3 is 19.5 Å². The number of aliphatic imine (C=N–C) groups is 1. The number of ether oxygens (including phenoxy) is 2. The number of methoxy groups -OCH3 is 2. The fourth-order valence-electron chi connectivity index (χ4n) is 5.30. The highest BCUT2D eigenvalue weighted by Crippen LogP contribution is 2.36. The Morgan fingerprint density at radius 2 is 1.83 bits per heavy atom. The van der Waals surface area contributed by atoms with E-state index in [0.29, 0.717) is 56.8 Å². The van der Waals surface area contributed by atoms with E-state index in [0.717, 1.165) is 28.8 Å². The van der Waals surface area contributed by atoms with Crippen molar-refractivity contribution >= 4 is 17.6 Å². The number of aryl methyl sites for hydroxylation is 1. The zero-order chi connectivity index (χ0) is 24.8. The first kappa shape index (κ1) is 24.8. The van der Waals surface area contributed by atoms with Gasteiger partial charge in [-0.25, -0.2) is 0 Å². The summed E-state index contributed by atoms with van der Waals surface area (Å²) in [6.45, 7) is 1.86. The Balaban J connectivity index is 1.50. The molecule has 186 valence electrons. The third-order valence-electron chi connectivity index (χ3n) is 7.21. The van der Waals surface area contributed by atoms with Crippen LogP contribution in [0.1, 0.15) is 42.4 Å². The Bertz CT molecular complexity index is 1080. The average molecular weight is 479 g/mol. The lowest BCUT2D eigenvalue weighted by Crippen LogP contribution is -2.45. The summed E-state index contributed by atoms with van der Waals surface area (Å²) in [5.41, 5.74) is 4.31. The summed E-state index contributed by atoms with van der Waals surface area (Å²) < 4.78 is 11.0. The number of carboxylic acid groups (broad SMARTS) is 1. The number of fused-ring (bicyclic) bond motifs is 1. The second-order valence-corrected chi connectivity index (χ2v) is 9.38. The summed E-state index contributed by atoms with van der Waals surface area (Å²) in [5.74, 6) is 0.747. The third kappa shape index (κ3) is 6.02. The molecule has 4 rings (SSSR count).